The predicted molar refractivity (Wildman–Crippen MR) is 74.3 cm³/mol. The number of carbonyl (C=O) groups excluding carboxylic acids is 1. The molecule has 2 fully saturated rings. The van der Waals surface area contributed by atoms with Crippen LogP contribution in [0.3, 0.4) is 0 Å². The Bertz CT molecular complexity index is 305. The maximum absolute atomic E-state index is 12.0. The number of hydrogen-bond donors (Lipinski definition) is 0. The zero-order valence-electron chi connectivity index (χ0n) is 12.6. The molecule has 1 amide bonds. The van der Waals surface area contributed by atoms with Crippen LogP contribution in [0.25, 0.3) is 0 Å². The lowest BCUT2D eigenvalue weighted by Crippen LogP contribution is -2.37. The molecule has 2 heterocycles. The van der Waals surface area contributed by atoms with E-state index in [-0.39, 0.29) is 5.92 Å². The minimum Gasteiger partial charge on any atom is -0.342 e. The van der Waals surface area contributed by atoms with Crippen molar-refractivity contribution < 1.29 is 4.79 Å². The van der Waals surface area contributed by atoms with Gasteiger partial charge in [-0.25, -0.2) is 0 Å². The van der Waals surface area contributed by atoms with Gasteiger partial charge in [-0.1, -0.05) is 34.6 Å². The van der Waals surface area contributed by atoms with Gasteiger partial charge in [-0.3, -0.25) is 4.79 Å². The van der Waals surface area contributed by atoms with Crippen LogP contribution in [-0.2, 0) is 4.79 Å². The Morgan fingerprint density at radius 1 is 1.11 bits per heavy atom. The van der Waals surface area contributed by atoms with Gasteiger partial charge in [0, 0.05) is 38.6 Å². The average molecular weight is 252 g/mol. The van der Waals surface area contributed by atoms with Crippen LogP contribution in [-0.4, -0.2) is 48.4 Å². The molecule has 104 valence electrons. The Balaban J connectivity index is 1.86. The molecule has 0 saturated carbocycles. The minimum absolute atomic E-state index is 0.148. The first-order chi connectivity index (χ1) is 8.26. The summed E-state index contributed by atoms with van der Waals surface area (Å²) in [4.78, 5) is 16.7. The molecule has 0 spiro atoms. The van der Waals surface area contributed by atoms with Crippen molar-refractivity contribution >= 4 is 5.91 Å². The number of likely N-dealkylation sites (tertiary alicyclic amines) is 2. The van der Waals surface area contributed by atoms with Crippen molar-refractivity contribution in [2.24, 2.45) is 23.2 Å². The number of rotatable bonds is 2. The molecule has 3 heteroatoms. The van der Waals surface area contributed by atoms with E-state index in [4.69, 9.17) is 0 Å². The van der Waals surface area contributed by atoms with Crippen molar-refractivity contribution in [3.63, 3.8) is 0 Å². The van der Waals surface area contributed by atoms with Crippen molar-refractivity contribution in [3.8, 4) is 0 Å². The number of carbonyl (C=O) groups is 1. The quantitative estimate of drug-likeness (QED) is 0.751. The number of fused-ring (bicyclic) bond motifs is 1. The second kappa shape index (κ2) is 4.84. The van der Waals surface area contributed by atoms with E-state index in [1.165, 1.54) is 19.6 Å². The lowest BCUT2D eigenvalue weighted by molar-refractivity contribution is -0.133. The summed E-state index contributed by atoms with van der Waals surface area (Å²) in [6.07, 6.45) is 0. The van der Waals surface area contributed by atoms with Gasteiger partial charge in [0.05, 0.1) is 0 Å². The van der Waals surface area contributed by atoms with E-state index >= 15 is 0 Å². The smallest absolute Gasteiger partial charge is 0.225 e. The van der Waals surface area contributed by atoms with Gasteiger partial charge in [0.25, 0.3) is 0 Å². The first-order valence-electron chi connectivity index (χ1n) is 7.27. The third kappa shape index (κ3) is 3.05. The third-order valence-electron chi connectivity index (χ3n) is 4.07. The number of nitrogens with zero attached hydrogens (tertiary/aromatic N) is 2. The second-order valence-corrected chi connectivity index (χ2v) is 7.67. The van der Waals surface area contributed by atoms with Crippen molar-refractivity contribution in [2.45, 2.75) is 34.6 Å². The molecule has 2 atom stereocenters. The fourth-order valence-corrected chi connectivity index (χ4v) is 3.44. The van der Waals surface area contributed by atoms with E-state index in [2.05, 4.69) is 30.6 Å². The van der Waals surface area contributed by atoms with Crippen LogP contribution in [0.4, 0.5) is 0 Å². The monoisotopic (exact) mass is 252 g/mol. The maximum Gasteiger partial charge on any atom is 0.225 e. The molecule has 0 aromatic carbocycles. The molecule has 2 saturated heterocycles. The molecule has 0 aromatic rings. The Labute approximate surface area is 112 Å². The molecule has 3 nitrogen and oxygen atoms in total. The van der Waals surface area contributed by atoms with E-state index < -0.39 is 0 Å². The largest absolute Gasteiger partial charge is 0.342 e. The van der Waals surface area contributed by atoms with E-state index in [1.54, 1.807) is 0 Å². The normalized spacial score (nSPS) is 29.1. The Morgan fingerprint density at radius 2 is 1.61 bits per heavy atom. The van der Waals surface area contributed by atoms with E-state index in [0.717, 1.165) is 24.9 Å². The van der Waals surface area contributed by atoms with E-state index in [1.807, 2.05) is 13.8 Å². The van der Waals surface area contributed by atoms with Gasteiger partial charge in [0.2, 0.25) is 5.91 Å². The molecule has 2 unspecified atom stereocenters. The van der Waals surface area contributed by atoms with Gasteiger partial charge in [0.15, 0.2) is 0 Å². The van der Waals surface area contributed by atoms with E-state index in [9.17, 15) is 4.79 Å². The SMILES string of the molecule is CC(C)C(=O)N1CC2CN(CC(C)(C)C)CC2C1. The summed E-state index contributed by atoms with van der Waals surface area (Å²) in [7, 11) is 0. The lowest BCUT2D eigenvalue weighted by atomic mass is 9.96. The number of hydrogen-bond acceptors (Lipinski definition) is 2. The highest BCUT2D eigenvalue weighted by molar-refractivity contribution is 5.78. The predicted octanol–water partition coefficient (Wildman–Crippen LogP) is 2.08. The van der Waals surface area contributed by atoms with Gasteiger partial charge >= 0.3 is 0 Å². The summed E-state index contributed by atoms with van der Waals surface area (Å²) in [5, 5.41) is 0. The summed E-state index contributed by atoms with van der Waals surface area (Å²) < 4.78 is 0. The highest BCUT2D eigenvalue weighted by Gasteiger charge is 2.42. The van der Waals surface area contributed by atoms with E-state index in [0.29, 0.717) is 11.3 Å². The van der Waals surface area contributed by atoms with Crippen molar-refractivity contribution in [1.29, 1.82) is 0 Å². The fraction of sp³-hybridized carbons (Fsp3) is 0.933. The molecule has 0 aromatic heterocycles. The standard InChI is InChI=1S/C15H28N2O/c1-11(2)14(18)17-8-12-6-16(7-13(12)9-17)10-15(3,4)5/h11-13H,6-10H2,1-5H3. The highest BCUT2D eigenvalue weighted by atomic mass is 16.2. The van der Waals surface area contributed by atoms with Gasteiger partial charge in [-0.2, -0.15) is 0 Å². The Kier molecular flexibility index (Phi) is 3.72. The van der Waals surface area contributed by atoms with Crippen molar-refractivity contribution in [3.05, 3.63) is 0 Å². The molecule has 2 aliphatic heterocycles. The molecule has 0 N–H and O–H groups in total. The second-order valence-electron chi connectivity index (χ2n) is 7.67. The summed E-state index contributed by atoms with van der Waals surface area (Å²) in [5.74, 6) is 1.92. The highest BCUT2D eigenvalue weighted by Crippen LogP contribution is 2.33. The van der Waals surface area contributed by atoms with Crippen LogP contribution in [0.5, 0.6) is 0 Å². The van der Waals surface area contributed by atoms with Crippen LogP contribution in [0, 0.1) is 23.2 Å². The summed E-state index contributed by atoms with van der Waals surface area (Å²) >= 11 is 0. The molecular formula is C15H28N2O. The molecule has 2 rings (SSSR count). The topological polar surface area (TPSA) is 23.6 Å². The van der Waals surface area contributed by atoms with Crippen LogP contribution in [0.1, 0.15) is 34.6 Å². The van der Waals surface area contributed by atoms with Gasteiger partial charge in [0.1, 0.15) is 0 Å². The Morgan fingerprint density at radius 3 is 2.00 bits per heavy atom. The zero-order valence-corrected chi connectivity index (χ0v) is 12.6. The van der Waals surface area contributed by atoms with Gasteiger partial charge in [-0.05, 0) is 17.3 Å². The average Bonchev–Trinajstić information content (AvgIpc) is 2.70. The van der Waals surface area contributed by atoms with Crippen LogP contribution in [0.15, 0.2) is 0 Å². The van der Waals surface area contributed by atoms with Crippen LogP contribution >= 0.6 is 0 Å². The molecule has 0 aliphatic carbocycles. The maximum atomic E-state index is 12.0. The van der Waals surface area contributed by atoms with Crippen LogP contribution < -0.4 is 0 Å². The summed E-state index contributed by atoms with van der Waals surface area (Å²) in [6, 6.07) is 0. The first-order valence-corrected chi connectivity index (χ1v) is 7.27. The van der Waals surface area contributed by atoms with Crippen molar-refractivity contribution in [2.75, 3.05) is 32.7 Å². The summed E-state index contributed by atoms with van der Waals surface area (Å²) in [5.41, 5.74) is 0.381. The van der Waals surface area contributed by atoms with Crippen LogP contribution in [0.2, 0.25) is 0 Å². The minimum atomic E-state index is 0.148. The summed E-state index contributed by atoms with van der Waals surface area (Å²) in [6.45, 7) is 16.4. The fourth-order valence-electron chi connectivity index (χ4n) is 3.44. The molecule has 2 aliphatic rings. The number of amides is 1. The lowest BCUT2D eigenvalue weighted by Gasteiger charge is -2.28. The third-order valence-corrected chi connectivity index (χ3v) is 4.07. The Hall–Kier alpha value is -0.570. The first kappa shape index (κ1) is 13.9. The van der Waals surface area contributed by atoms with Gasteiger partial charge in [-0.15, -0.1) is 0 Å². The van der Waals surface area contributed by atoms with Gasteiger partial charge < -0.3 is 9.80 Å². The van der Waals surface area contributed by atoms with Crippen molar-refractivity contribution in [1.82, 2.24) is 9.80 Å². The molecule has 0 bridgehead atoms. The molecule has 0 radical (unpaired) electrons. The molecular weight excluding hydrogens is 224 g/mol. The molecule has 18 heavy (non-hydrogen) atoms. The zero-order chi connectivity index (χ0) is 13.5.